The summed E-state index contributed by atoms with van der Waals surface area (Å²) < 4.78 is 0.194. The number of thiol groups is 1. The van der Waals surface area contributed by atoms with Gasteiger partial charge in [-0.05, 0) is 13.0 Å². The molecular formula is C5H12N2OS2. The van der Waals surface area contributed by atoms with Gasteiger partial charge in [0, 0.05) is 6.54 Å². The highest BCUT2D eigenvalue weighted by Gasteiger charge is 2.08. The van der Waals surface area contributed by atoms with E-state index in [0.29, 0.717) is 0 Å². The van der Waals surface area contributed by atoms with Gasteiger partial charge in [-0.3, -0.25) is 0 Å². The third kappa shape index (κ3) is 8.16. The molecule has 0 saturated carbocycles. The quantitative estimate of drug-likeness (QED) is 0.300. The smallest absolute Gasteiger partial charge is 0.128 e. The third-order valence-corrected chi connectivity index (χ3v) is 1.03. The molecule has 1 fully saturated rings. The average Bonchev–Trinajstić information content (AvgIpc) is 2.15. The fourth-order valence-corrected chi connectivity index (χ4v) is 0.639. The molecule has 0 spiro atoms. The molecule has 4 N–H and O–H groups in total. The maximum atomic E-state index is 8.67. The maximum absolute atomic E-state index is 8.67. The first-order valence-corrected chi connectivity index (χ1v) is 3.85. The van der Waals surface area contributed by atoms with Crippen LogP contribution < -0.4 is 11.1 Å². The van der Waals surface area contributed by atoms with Gasteiger partial charge in [0.15, 0.2) is 0 Å². The van der Waals surface area contributed by atoms with Crippen LogP contribution in [0.4, 0.5) is 0 Å². The van der Waals surface area contributed by atoms with Crippen LogP contribution in [0.2, 0.25) is 0 Å². The number of rotatable bonds is 0. The molecule has 1 aliphatic rings. The van der Waals surface area contributed by atoms with Gasteiger partial charge in [-0.2, -0.15) is 0 Å². The molecule has 1 rings (SSSR count). The first kappa shape index (κ1) is 10.2. The highest BCUT2D eigenvalue weighted by Crippen LogP contribution is 1.93. The molecule has 60 valence electrons. The van der Waals surface area contributed by atoms with Gasteiger partial charge in [-0.15, -0.1) is 12.6 Å². The van der Waals surface area contributed by atoms with E-state index in [9.17, 15) is 0 Å². The van der Waals surface area contributed by atoms with Crippen LogP contribution in [0.15, 0.2) is 0 Å². The van der Waals surface area contributed by atoms with Crippen LogP contribution in [0.3, 0.4) is 0 Å². The van der Waals surface area contributed by atoms with E-state index in [0.717, 1.165) is 19.5 Å². The maximum Gasteiger partial charge on any atom is 0.128 e. The van der Waals surface area contributed by atoms with Gasteiger partial charge in [0.1, 0.15) is 4.32 Å². The molecule has 1 atom stereocenters. The lowest BCUT2D eigenvalue weighted by atomic mass is 10.3. The molecule has 0 aromatic rings. The molecule has 1 aliphatic heterocycles. The van der Waals surface area contributed by atoms with E-state index in [1.54, 1.807) is 0 Å². The predicted octanol–water partition coefficient (Wildman–Crippen LogP) is -0.500. The molecule has 1 heterocycles. The lowest BCUT2D eigenvalue weighted by Gasteiger charge is -1.90. The molecule has 1 saturated heterocycles. The van der Waals surface area contributed by atoms with Gasteiger partial charge in [-0.25, -0.2) is 0 Å². The second-order valence-electron chi connectivity index (χ2n) is 1.98. The van der Waals surface area contributed by atoms with Crippen molar-refractivity contribution in [2.75, 3.05) is 13.1 Å². The molecular weight excluding hydrogens is 168 g/mol. The van der Waals surface area contributed by atoms with Gasteiger partial charge < -0.3 is 16.2 Å². The van der Waals surface area contributed by atoms with E-state index < -0.39 is 0 Å². The van der Waals surface area contributed by atoms with Crippen molar-refractivity contribution >= 4 is 29.2 Å². The molecule has 5 heteroatoms. The summed E-state index contributed by atoms with van der Waals surface area (Å²) in [6, 6.07) is 0. The van der Waals surface area contributed by atoms with E-state index in [4.69, 9.17) is 10.8 Å². The Morgan fingerprint density at radius 1 is 1.80 bits per heavy atom. The Bertz CT molecular complexity index is 99.8. The Hall–Kier alpha value is 0.160. The third-order valence-electron chi connectivity index (χ3n) is 1.03. The van der Waals surface area contributed by atoms with Crippen molar-refractivity contribution in [3.05, 3.63) is 0 Å². The Labute approximate surface area is 71.4 Å². The molecule has 3 nitrogen and oxygen atoms in total. The molecule has 0 aliphatic carbocycles. The van der Waals surface area contributed by atoms with Gasteiger partial charge in [0.2, 0.25) is 0 Å². The minimum atomic E-state index is -0.0648. The van der Waals surface area contributed by atoms with Crippen molar-refractivity contribution in [3.8, 4) is 0 Å². The van der Waals surface area contributed by atoms with E-state index >= 15 is 0 Å². The summed E-state index contributed by atoms with van der Waals surface area (Å²) in [4.78, 5) is 0. The number of β-amino-alcohol motifs (C(OH)–C–C–N with tert-alkyl or cyclic N) is 1. The predicted molar refractivity (Wildman–Crippen MR) is 49.3 cm³/mol. The first-order chi connectivity index (χ1) is 4.63. The Balaban J connectivity index is 0.000000180. The van der Waals surface area contributed by atoms with Crippen molar-refractivity contribution in [1.29, 1.82) is 0 Å². The summed E-state index contributed by atoms with van der Waals surface area (Å²) in [6.07, 6.45) is 0.866. The summed E-state index contributed by atoms with van der Waals surface area (Å²) in [6.45, 7) is 1.78. The molecule has 0 bridgehead atoms. The van der Waals surface area contributed by atoms with E-state index in [-0.39, 0.29) is 10.4 Å². The lowest BCUT2D eigenvalue weighted by Crippen LogP contribution is -2.11. The zero-order valence-corrected chi connectivity index (χ0v) is 7.29. The minimum Gasteiger partial charge on any atom is -0.392 e. The standard InChI is InChI=1S/C4H9NO.CH3NS2/c6-4-1-2-5-3-4;2-1(3)4/h4-6H,1-3H2;(H3,2,3,4)/t4-;/m1./s1. The molecule has 0 amide bonds. The zero-order valence-electron chi connectivity index (χ0n) is 5.58. The number of hydrogen-bond acceptors (Lipinski definition) is 3. The number of thiocarbonyl (C=S) groups is 1. The summed E-state index contributed by atoms with van der Waals surface area (Å²) in [5, 5.41) is 11.7. The fourth-order valence-electron chi connectivity index (χ4n) is 0.639. The average molecular weight is 180 g/mol. The molecule has 0 aromatic carbocycles. The summed E-state index contributed by atoms with van der Waals surface area (Å²) in [7, 11) is 0. The Morgan fingerprint density at radius 3 is 2.40 bits per heavy atom. The fraction of sp³-hybridized carbons (Fsp3) is 0.800. The molecule has 10 heavy (non-hydrogen) atoms. The number of aliphatic hydroxyl groups is 1. The minimum absolute atomic E-state index is 0.0648. The van der Waals surface area contributed by atoms with E-state index in [2.05, 4.69) is 30.2 Å². The molecule has 0 radical (unpaired) electrons. The number of nitrogens with two attached hydrogens (primary N) is 1. The van der Waals surface area contributed by atoms with Crippen LogP contribution in [-0.2, 0) is 0 Å². The number of aliphatic hydroxyl groups excluding tert-OH is 1. The van der Waals surface area contributed by atoms with Crippen LogP contribution in [0.5, 0.6) is 0 Å². The van der Waals surface area contributed by atoms with Crippen molar-refractivity contribution in [1.82, 2.24) is 5.32 Å². The topological polar surface area (TPSA) is 58.3 Å². The Morgan fingerprint density at radius 2 is 2.30 bits per heavy atom. The summed E-state index contributed by atoms with van der Waals surface area (Å²) >= 11 is 7.65. The van der Waals surface area contributed by atoms with Crippen LogP contribution >= 0.6 is 24.8 Å². The van der Waals surface area contributed by atoms with Crippen LogP contribution in [0, 0.1) is 0 Å². The monoisotopic (exact) mass is 180 g/mol. The summed E-state index contributed by atoms with van der Waals surface area (Å²) in [5.74, 6) is 0. The van der Waals surface area contributed by atoms with Gasteiger partial charge >= 0.3 is 0 Å². The van der Waals surface area contributed by atoms with Gasteiger partial charge in [0.05, 0.1) is 6.10 Å². The van der Waals surface area contributed by atoms with E-state index in [1.165, 1.54) is 0 Å². The van der Waals surface area contributed by atoms with Gasteiger partial charge in [-0.1, -0.05) is 12.2 Å². The SMILES string of the molecule is NC(=S)S.O[C@@H]1CCNC1. The highest BCUT2D eigenvalue weighted by atomic mass is 32.1. The zero-order chi connectivity index (χ0) is 7.98. The largest absolute Gasteiger partial charge is 0.392 e. The molecule has 0 aromatic heterocycles. The van der Waals surface area contributed by atoms with Crippen LogP contribution in [0.1, 0.15) is 6.42 Å². The highest BCUT2D eigenvalue weighted by molar-refractivity contribution is 8.10. The van der Waals surface area contributed by atoms with Crippen molar-refractivity contribution in [3.63, 3.8) is 0 Å². The second kappa shape index (κ2) is 5.91. The normalized spacial score (nSPS) is 23.2. The number of hydrogen-bond donors (Lipinski definition) is 4. The van der Waals surface area contributed by atoms with E-state index in [1.807, 2.05) is 0 Å². The summed E-state index contributed by atoms with van der Waals surface area (Å²) in [5.41, 5.74) is 4.71. The van der Waals surface area contributed by atoms with Crippen LogP contribution in [-0.4, -0.2) is 28.6 Å². The molecule has 0 unspecified atom stereocenters. The second-order valence-corrected chi connectivity index (χ2v) is 3.21. The van der Waals surface area contributed by atoms with Crippen molar-refractivity contribution in [2.24, 2.45) is 5.73 Å². The van der Waals surface area contributed by atoms with Crippen LogP contribution in [0.25, 0.3) is 0 Å². The van der Waals surface area contributed by atoms with Crippen molar-refractivity contribution < 1.29 is 5.11 Å². The lowest BCUT2D eigenvalue weighted by molar-refractivity contribution is 0.196. The van der Waals surface area contributed by atoms with Crippen molar-refractivity contribution in [2.45, 2.75) is 12.5 Å². The van der Waals surface area contributed by atoms with Gasteiger partial charge in [0.25, 0.3) is 0 Å². The number of nitrogens with one attached hydrogen (secondary N) is 1. The first-order valence-electron chi connectivity index (χ1n) is 3.00. The Kier molecular flexibility index (Phi) is 6.00.